The van der Waals surface area contributed by atoms with Gasteiger partial charge in [-0.1, -0.05) is 6.92 Å². The molecule has 0 aromatic heterocycles. The first-order valence-electron chi connectivity index (χ1n) is 11.0. The standard InChI is InChI=1S/C22H34O2/c1-21-10-8-15(23)12-14(21)2-5-16-17(21)9-11-22-13(3-6-18(16)22)4-7-19-20(22)24-19/h13-20,23H,2-12H2,1H3/t13-,14-,15-,16-,17+,18+,19?,20?,21+,22-/m1/s1. The molecule has 1 spiro atoms. The van der Waals surface area contributed by atoms with Gasteiger partial charge >= 0.3 is 0 Å². The van der Waals surface area contributed by atoms with Gasteiger partial charge in [0, 0.05) is 5.41 Å². The van der Waals surface area contributed by atoms with E-state index in [1.165, 1.54) is 57.8 Å². The van der Waals surface area contributed by atoms with E-state index in [1.54, 1.807) is 0 Å². The zero-order valence-electron chi connectivity index (χ0n) is 15.3. The molecule has 0 aromatic carbocycles. The number of rotatable bonds is 0. The van der Waals surface area contributed by atoms with E-state index in [-0.39, 0.29) is 6.10 Å². The Bertz CT molecular complexity index is 546. The number of ether oxygens (including phenoxy) is 1. The third kappa shape index (κ3) is 1.71. The van der Waals surface area contributed by atoms with Gasteiger partial charge in [-0.05, 0) is 106 Å². The van der Waals surface area contributed by atoms with Crippen LogP contribution in [0.15, 0.2) is 0 Å². The van der Waals surface area contributed by atoms with Gasteiger partial charge in [0.2, 0.25) is 0 Å². The molecule has 2 unspecified atom stereocenters. The van der Waals surface area contributed by atoms with Gasteiger partial charge in [0.1, 0.15) is 0 Å². The van der Waals surface area contributed by atoms with Crippen LogP contribution in [-0.2, 0) is 4.74 Å². The van der Waals surface area contributed by atoms with E-state index in [1.807, 2.05) is 0 Å². The van der Waals surface area contributed by atoms with Crippen molar-refractivity contribution in [2.45, 2.75) is 95.9 Å². The van der Waals surface area contributed by atoms with Crippen LogP contribution in [0.1, 0.15) is 77.6 Å². The molecule has 1 saturated heterocycles. The quantitative estimate of drug-likeness (QED) is 0.661. The third-order valence-electron chi connectivity index (χ3n) is 10.3. The summed E-state index contributed by atoms with van der Waals surface area (Å²) in [6.45, 7) is 2.61. The number of aliphatic hydroxyl groups excluding tert-OH is 1. The summed E-state index contributed by atoms with van der Waals surface area (Å²) in [7, 11) is 0. The predicted molar refractivity (Wildman–Crippen MR) is 93.4 cm³/mol. The Morgan fingerprint density at radius 3 is 2.58 bits per heavy atom. The van der Waals surface area contributed by atoms with Crippen molar-refractivity contribution < 1.29 is 9.84 Å². The lowest BCUT2D eigenvalue weighted by molar-refractivity contribution is -0.136. The zero-order chi connectivity index (χ0) is 16.1. The first-order valence-corrected chi connectivity index (χ1v) is 11.0. The molecule has 24 heavy (non-hydrogen) atoms. The van der Waals surface area contributed by atoms with Gasteiger partial charge in [-0.2, -0.15) is 0 Å². The fraction of sp³-hybridized carbons (Fsp3) is 1.00. The second kappa shape index (κ2) is 4.80. The summed E-state index contributed by atoms with van der Waals surface area (Å²) in [5.74, 6) is 4.68. The minimum absolute atomic E-state index is 0.00983. The molecule has 2 heteroatoms. The maximum atomic E-state index is 10.2. The molecule has 0 radical (unpaired) electrons. The van der Waals surface area contributed by atoms with E-state index in [9.17, 15) is 5.11 Å². The molecule has 6 aliphatic rings. The van der Waals surface area contributed by atoms with E-state index in [4.69, 9.17) is 4.74 Å². The Kier molecular flexibility index (Phi) is 3.00. The predicted octanol–water partition coefficient (Wildman–Crippen LogP) is 4.55. The van der Waals surface area contributed by atoms with Crippen molar-refractivity contribution in [3.8, 4) is 0 Å². The number of epoxide rings is 1. The van der Waals surface area contributed by atoms with Crippen molar-refractivity contribution in [1.29, 1.82) is 0 Å². The van der Waals surface area contributed by atoms with Crippen LogP contribution in [0.25, 0.3) is 0 Å². The topological polar surface area (TPSA) is 32.8 Å². The molecular weight excluding hydrogens is 296 g/mol. The molecule has 1 heterocycles. The van der Waals surface area contributed by atoms with Crippen molar-refractivity contribution in [2.75, 3.05) is 0 Å². The highest BCUT2D eigenvalue weighted by molar-refractivity contribution is 5.18. The monoisotopic (exact) mass is 330 g/mol. The summed E-state index contributed by atoms with van der Waals surface area (Å²) in [6.07, 6.45) is 16.3. The van der Waals surface area contributed by atoms with E-state index in [0.29, 0.717) is 23.0 Å². The van der Waals surface area contributed by atoms with Crippen LogP contribution in [0, 0.1) is 40.4 Å². The van der Waals surface area contributed by atoms with Crippen LogP contribution >= 0.6 is 0 Å². The molecule has 6 fully saturated rings. The molecule has 0 aromatic rings. The second-order valence-corrected chi connectivity index (χ2v) is 10.7. The molecule has 10 atom stereocenters. The fourth-order valence-electron chi connectivity index (χ4n) is 9.27. The van der Waals surface area contributed by atoms with Crippen LogP contribution in [0.4, 0.5) is 0 Å². The van der Waals surface area contributed by atoms with E-state index >= 15 is 0 Å². The van der Waals surface area contributed by atoms with Crippen LogP contribution in [0.3, 0.4) is 0 Å². The van der Waals surface area contributed by atoms with Gasteiger partial charge in [-0.25, -0.2) is 0 Å². The highest BCUT2D eigenvalue weighted by Crippen LogP contribution is 2.72. The summed E-state index contributed by atoms with van der Waals surface area (Å²) in [6, 6.07) is 0. The van der Waals surface area contributed by atoms with Gasteiger partial charge in [0.25, 0.3) is 0 Å². The minimum atomic E-state index is -0.00983. The molecule has 5 saturated carbocycles. The molecular formula is C22H34O2. The summed E-state index contributed by atoms with van der Waals surface area (Å²) >= 11 is 0. The first-order chi connectivity index (χ1) is 11.6. The van der Waals surface area contributed by atoms with Gasteiger partial charge in [0.05, 0.1) is 18.3 Å². The number of aliphatic hydroxyl groups is 1. The maximum absolute atomic E-state index is 10.2. The van der Waals surface area contributed by atoms with E-state index < -0.39 is 0 Å². The van der Waals surface area contributed by atoms with E-state index in [0.717, 1.165) is 42.4 Å². The first kappa shape index (κ1) is 15.0. The van der Waals surface area contributed by atoms with Crippen molar-refractivity contribution in [1.82, 2.24) is 0 Å². The lowest BCUT2D eigenvalue weighted by Gasteiger charge is -2.61. The van der Waals surface area contributed by atoms with Crippen LogP contribution < -0.4 is 0 Å². The highest BCUT2D eigenvalue weighted by Gasteiger charge is 2.70. The number of hydrogen-bond acceptors (Lipinski definition) is 2. The van der Waals surface area contributed by atoms with Crippen molar-refractivity contribution in [3.63, 3.8) is 0 Å². The van der Waals surface area contributed by atoms with Crippen molar-refractivity contribution >= 4 is 0 Å². The zero-order valence-corrected chi connectivity index (χ0v) is 15.3. The highest BCUT2D eigenvalue weighted by atomic mass is 16.6. The average molecular weight is 331 g/mol. The van der Waals surface area contributed by atoms with Crippen molar-refractivity contribution in [3.05, 3.63) is 0 Å². The lowest BCUT2D eigenvalue weighted by atomic mass is 9.43. The van der Waals surface area contributed by atoms with Crippen LogP contribution in [0.5, 0.6) is 0 Å². The molecule has 0 amide bonds. The smallest absolute Gasteiger partial charge is 0.0903 e. The van der Waals surface area contributed by atoms with Crippen LogP contribution in [-0.4, -0.2) is 23.4 Å². The Morgan fingerprint density at radius 1 is 0.833 bits per heavy atom. The second-order valence-electron chi connectivity index (χ2n) is 10.7. The van der Waals surface area contributed by atoms with Crippen LogP contribution in [0.2, 0.25) is 0 Å². The maximum Gasteiger partial charge on any atom is 0.0903 e. The van der Waals surface area contributed by atoms with Gasteiger partial charge < -0.3 is 9.84 Å². The molecule has 6 rings (SSSR count). The SMILES string of the molecule is C[C@]12CC[C@@H](O)C[C@H]1CC[C@@H]1[C@@H]2CC[C@@]23C4OC4CC[C@H]2CC[C@@H]13. The summed E-state index contributed by atoms with van der Waals surface area (Å²) in [5, 5.41) is 10.2. The number of fused-ring (bicyclic) bond motifs is 5. The van der Waals surface area contributed by atoms with E-state index in [2.05, 4.69) is 6.92 Å². The number of hydrogen-bond donors (Lipinski definition) is 1. The summed E-state index contributed by atoms with van der Waals surface area (Å²) in [4.78, 5) is 0. The largest absolute Gasteiger partial charge is 0.393 e. The molecule has 1 aliphatic heterocycles. The Hall–Kier alpha value is -0.0800. The summed E-state index contributed by atoms with van der Waals surface area (Å²) in [5.41, 5.74) is 1.13. The Balaban J connectivity index is 1.34. The normalized spacial score (nSPS) is 64.2. The Morgan fingerprint density at radius 2 is 1.67 bits per heavy atom. The van der Waals surface area contributed by atoms with Gasteiger partial charge in [0.15, 0.2) is 0 Å². The third-order valence-corrected chi connectivity index (χ3v) is 10.3. The summed E-state index contributed by atoms with van der Waals surface area (Å²) < 4.78 is 6.24. The molecule has 5 aliphatic carbocycles. The fourth-order valence-corrected chi connectivity index (χ4v) is 9.27. The lowest BCUT2D eigenvalue weighted by Crippen LogP contribution is -2.56. The Labute approximate surface area is 146 Å². The average Bonchev–Trinajstić information content (AvgIpc) is 3.28. The van der Waals surface area contributed by atoms with Gasteiger partial charge in [-0.3, -0.25) is 0 Å². The molecule has 2 nitrogen and oxygen atoms in total. The molecule has 0 bridgehead atoms. The van der Waals surface area contributed by atoms with Crippen molar-refractivity contribution in [2.24, 2.45) is 40.4 Å². The van der Waals surface area contributed by atoms with Gasteiger partial charge in [-0.15, -0.1) is 0 Å². The minimum Gasteiger partial charge on any atom is -0.393 e. The molecule has 134 valence electrons. The molecule has 1 N–H and O–H groups in total.